The molecule has 0 aromatic heterocycles. The summed E-state index contributed by atoms with van der Waals surface area (Å²) in [6.45, 7) is 7.66. The number of halogens is 2. The van der Waals surface area contributed by atoms with Gasteiger partial charge in [0.05, 0.1) is 39.3 Å². The van der Waals surface area contributed by atoms with Gasteiger partial charge in [-0.3, -0.25) is 47.6 Å². The number of carbonyl (C=O) groups is 6. The minimum Gasteiger partial charge on any atom is -0.465 e. The Balaban J connectivity index is 0.000000267. The number of allylic oxidation sites excluding steroid dienone is 2. The Bertz CT molecular complexity index is 2230. The summed E-state index contributed by atoms with van der Waals surface area (Å²) in [5, 5.41) is 26.1. The number of benzene rings is 2. The van der Waals surface area contributed by atoms with Gasteiger partial charge in [0.2, 0.25) is 11.8 Å². The van der Waals surface area contributed by atoms with Crippen LogP contribution in [-0.2, 0) is 65.9 Å². The number of hydrogen-bond donors (Lipinski definition) is 4. The summed E-state index contributed by atoms with van der Waals surface area (Å²) < 4.78 is 101. The summed E-state index contributed by atoms with van der Waals surface area (Å²) in [6, 6.07) is 13.9. The van der Waals surface area contributed by atoms with Crippen LogP contribution in [0, 0.1) is 0 Å². The van der Waals surface area contributed by atoms with E-state index < -0.39 is 137 Å². The first kappa shape index (κ1) is 57.6. The molecular weight excluding hydrogens is 996 g/mol. The predicted octanol–water partition coefficient (Wildman–Crippen LogP) is 4.50. The minimum atomic E-state index is -4.28. The van der Waals surface area contributed by atoms with E-state index in [1.54, 1.807) is 36.4 Å². The molecule has 2 aromatic carbocycles. The van der Waals surface area contributed by atoms with Crippen molar-refractivity contribution in [3.05, 3.63) is 85.2 Å². The first-order valence-electron chi connectivity index (χ1n) is 22.9. The van der Waals surface area contributed by atoms with E-state index in [1.807, 2.05) is 13.8 Å². The van der Waals surface area contributed by atoms with Gasteiger partial charge in [-0.2, -0.15) is 10.2 Å². The van der Waals surface area contributed by atoms with Gasteiger partial charge in [0.25, 0.3) is 0 Å². The van der Waals surface area contributed by atoms with Gasteiger partial charge in [-0.25, -0.2) is 17.9 Å². The van der Waals surface area contributed by atoms with Crippen LogP contribution in [0.25, 0.3) is 0 Å². The van der Waals surface area contributed by atoms with Gasteiger partial charge >= 0.3 is 27.4 Å². The van der Waals surface area contributed by atoms with Crippen molar-refractivity contribution in [2.75, 3.05) is 26.4 Å². The average molecular weight is 1060 g/mol. The van der Waals surface area contributed by atoms with Crippen molar-refractivity contribution in [1.82, 2.24) is 20.0 Å². The number of nitrogens with zero attached hydrogens (tertiary/aromatic N) is 2. The molecule has 0 unspecified atom stereocenters. The standard InChI is InChI=1S/2C23H30FN2O9P/c2*1-4-12-32-21(30)15(2)25-36(31,35-17-8-6-5-7-9-17)33-14-18-20(29)23(3,24)22(34-18)26-11-10-16(27)13-19(26)28/h2*5-11,15,18,20,22,29H,4,12-14H2,1-3H3,(H,25,31)/t15-,18+,20+,22+,23+,36+;15-,18+,20+,22+,23+,36-/m00/s1. The highest BCUT2D eigenvalue weighted by molar-refractivity contribution is 7.52. The van der Waals surface area contributed by atoms with Crippen LogP contribution >= 0.6 is 15.5 Å². The summed E-state index contributed by atoms with van der Waals surface area (Å²) in [5.74, 6) is -3.30. The van der Waals surface area contributed by atoms with E-state index in [1.165, 1.54) is 38.1 Å². The molecule has 72 heavy (non-hydrogen) atoms. The molecule has 2 amide bonds. The fourth-order valence-corrected chi connectivity index (χ4v) is 10.2. The van der Waals surface area contributed by atoms with E-state index >= 15 is 8.78 Å². The third-order valence-electron chi connectivity index (χ3n) is 11.1. The van der Waals surface area contributed by atoms with Crippen molar-refractivity contribution in [1.29, 1.82) is 0 Å². The zero-order valence-corrected chi connectivity index (χ0v) is 42.1. The second-order valence-corrected chi connectivity index (χ2v) is 20.6. The normalized spacial score (nSPS) is 28.6. The molecule has 0 bridgehead atoms. The molecule has 0 radical (unpaired) electrons. The lowest BCUT2D eigenvalue weighted by Crippen LogP contribution is -2.51. The second kappa shape index (κ2) is 25.1. The highest BCUT2D eigenvalue weighted by atomic mass is 31.2. The summed E-state index contributed by atoms with van der Waals surface area (Å²) in [5.41, 5.74) is -4.88. The number of para-hydroxylation sites is 2. The molecule has 6 rings (SSSR count). The topological polar surface area (TPSA) is 281 Å². The largest absolute Gasteiger partial charge is 0.465 e. The Kier molecular flexibility index (Phi) is 20.1. The Labute approximate surface area is 414 Å². The fraction of sp³-hybridized carbons (Fsp3) is 0.522. The molecule has 2 saturated heterocycles. The van der Waals surface area contributed by atoms with Gasteiger partial charge in [0.15, 0.2) is 35.4 Å². The Hall–Kier alpha value is -5.26. The number of alkyl halides is 2. The van der Waals surface area contributed by atoms with Crippen LogP contribution in [0.1, 0.15) is 67.2 Å². The van der Waals surface area contributed by atoms with Gasteiger partial charge in [-0.05, 0) is 77.0 Å². The van der Waals surface area contributed by atoms with Crippen LogP contribution in [0.5, 0.6) is 11.5 Å². The number of ether oxygens (including phenoxy) is 4. The molecule has 0 aliphatic carbocycles. The highest BCUT2D eigenvalue weighted by Gasteiger charge is 2.59. The molecule has 4 aliphatic heterocycles. The maximum Gasteiger partial charge on any atom is 0.459 e. The van der Waals surface area contributed by atoms with E-state index in [9.17, 15) is 48.1 Å². The monoisotopic (exact) mass is 1060 g/mol. The van der Waals surface area contributed by atoms with Gasteiger partial charge in [0.1, 0.15) is 48.0 Å². The summed E-state index contributed by atoms with van der Waals surface area (Å²) >= 11 is 0. The number of nitrogens with one attached hydrogen (secondary N) is 2. The van der Waals surface area contributed by atoms with Gasteiger partial charge in [-0.15, -0.1) is 0 Å². The van der Waals surface area contributed by atoms with Crippen molar-refractivity contribution in [2.24, 2.45) is 0 Å². The summed E-state index contributed by atoms with van der Waals surface area (Å²) in [7, 11) is -8.56. The van der Waals surface area contributed by atoms with Gasteiger partial charge < -0.3 is 38.2 Å². The maximum absolute atomic E-state index is 15.5. The van der Waals surface area contributed by atoms with Crippen LogP contribution in [0.3, 0.4) is 0 Å². The molecule has 2 aromatic rings. The van der Waals surface area contributed by atoms with E-state index in [2.05, 4.69) is 10.2 Å². The summed E-state index contributed by atoms with van der Waals surface area (Å²) in [6.07, 6.45) is -4.69. The lowest BCUT2D eigenvalue weighted by Gasteiger charge is -2.32. The molecule has 4 heterocycles. The second-order valence-electron chi connectivity index (χ2n) is 17.2. The van der Waals surface area contributed by atoms with E-state index in [4.69, 9.17) is 37.0 Å². The van der Waals surface area contributed by atoms with Crippen LogP contribution in [0.2, 0.25) is 0 Å². The smallest absolute Gasteiger partial charge is 0.459 e. The number of carbonyl (C=O) groups excluding carboxylic acids is 6. The van der Waals surface area contributed by atoms with Crippen molar-refractivity contribution in [3.8, 4) is 11.5 Å². The first-order chi connectivity index (χ1) is 33.9. The van der Waals surface area contributed by atoms with Crippen LogP contribution < -0.4 is 19.2 Å². The molecule has 22 nitrogen and oxygen atoms in total. The molecule has 12 atom stereocenters. The number of aliphatic hydroxyl groups is 2. The van der Waals surface area contributed by atoms with Crippen LogP contribution in [0.4, 0.5) is 8.78 Å². The highest BCUT2D eigenvalue weighted by Crippen LogP contribution is 2.48. The lowest BCUT2D eigenvalue weighted by molar-refractivity contribution is -0.151. The minimum absolute atomic E-state index is 0.164. The van der Waals surface area contributed by atoms with E-state index in [-0.39, 0.29) is 24.7 Å². The number of rotatable bonds is 22. The quantitative estimate of drug-likeness (QED) is 0.0717. The zero-order valence-electron chi connectivity index (χ0n) is 40.3. The molecule has 396 valence electrons. The fourth-order valence-electron chi connectivity index (χ4n) is 7.21. The Morgan fingerprint density at radius 1 is 0.681 bits per heavy atom. The molecule has 26 heteroatoms. The van der Waals surface area contributed by atoms with Crippen LogP contribution in [-0.4, -0.2) is 142 Å². The average Bonchev–Trinajstić information content (AvgIpc) is 3.69. The first-order valence-corrected chi connectivity index (χ1v) is 26.0. The maximum atomic E-state index is 15.5. The number of ketones is 2. The van der Waals surface area contributed by atoms with Gasteiger partial charge in [-0.1, -0.05) is 50.2 Å². The molecule has 4 N–H and O–H groups in total. The van der Waals surface area contributed by atoms with Crippen LogP contribution in [0.15, 0.2) is 85.2 Å². The molecular formula is C46H60F2N4O18P2. The number of aliphatic hydroxyl groups excluding tert-OH is 2. The molecule has 4 aliphatic rings. The van der Waals surface area contributed by atoms with Crippen molar-refractivity contribution in [2.45, 2.75) is 128 Å². The molecule has 0 saturated carbocycles. The van der Waals surface area contributed by atoms with E-state index in [0.29, 0.717) is 12.8 Å². The van der Waals surface area contributed by atoms with Crippen molar-refractivity contribution in [3.63, 3.8) is 0 Å². The van der Waals surface area contributed by atoms with E-state index in [0.717, 1.165) is 48.2 Å². The van der Waals surface area contributed by atoms with Crippen molar-refractivity contribution < 1.29 is 93.9 Å². The van der Waals surface area contributed by atoms with Crippen molar-refractivity contribution >= 4 is 50.8 Å². The summed E-state index contributed by atoms with van der Waals surface area (Å²) in [4.78, 5) is 73.6. The Morgan fingerprint density at radius 2 is 1.03 bits per heavy atom. The zero-order chi connectivity index (χ0) is 53.0. The third kappa shape index (κ3) is 14.9. The lowest BCUT2D eigenvalue weighted by atomic mass is 9.97. The number of amides is 2. The number of hydrogen-bond acceptors (Lipinski definition) is 18. The Morgan fingerprint density at radius 3 is 1.35 bits per heavy atom. The van der Waals surface area contributed by atoms with Gasteiger partial charge in [0, 0.05) is 12.4 Å². The SMILES string of the molecule is CCCOC(=O)[C@H](C)N[P@@](=O)(OC[C@H]1O[C@@H](N2C=CC(=O)CC2=O)[C@](C)(F)[C@@H]1O)Oc1ccccc1.CCCOC(=O)[C@H](C)N[P@](=O)(OC[C@H]1O[C@@H](N2C=CC(=O)CC2=O)[C@](C)(F)[C@@H]1O)Oc1ccccc1. The predicted molar refractivity (Wildman–Crippen MR) is 249 cm³/mol. The third-order valence-corrected chi connectivity index (χ3v) is 14.4. The molecule has 2 fully saturated rings. The number of esters is 2. The molecule has 0 spiro atoms.